The zero-order valence-corrected chi connectivity index (χ0v) is 13.4. The molecule has 0 fully saturated rings. The van der Waals surface area contributed by atoms with E-state index in [9.17, 15) is 9.59 Å². The number of nitrogens with zero attached hydrogens (tertiary/aromatic N) is 2. The van der Waals surface area contributed by atoms with Crippen molar-refractivity contribution in [3.63, 3.8) is 0 Å². The second-order valence-electron chi connectivity index (χ2n) is 5.46. The lowest BCUT2D eigenvalue weighted by atomic mass is 9.98. The quantitative estimate of drug-likeness (QED) is 0.559. The number of nitrogen functional groups attached to an aromatic ring is 2. The standard InChI is InChI=1S/C18H14N4O4/c19-15-13(9-1-5-11(6-2-9)16(23)24)14(21-18(20)22-15)10-3-7-12(8-4-10)17(25)26/h1-8H,(H,23,24)(H,25,26)(H4,19,20,21,22). The lowest BCUT2D eigenvalue weighted by molar-refractivity contribution is 0.0686. The van der Waals surface area contributed by atoms with Crippen molar-refractivity contribution in [1.29, 1.82) is 0 Å². The molecule has 0 aliphatic rings. The highest BCUT2D eigenvalue weighted by molar-refractivity contribution is 5.92. The first-order chi connectivity index (χ1) is 12.4. The van der Waals surface area contributed by atoms with Crippen molar-refractivity contribution in [3.05, 3.63) is 59.7 Å². The van der Waals surface area contributed by atoms with Gasteiger partial charge in [0.1, 0.15) is 5.82 Å². The number of aromatic carboxylic acids is 2. The lowest BCUT2D eigenvalue weighted by Gasteiger charge is -2.13. The minimum Gasteiger partial charge on any atom is -0.478 e. The minimum atomic E-state index is -1.04. The van der Waals surface area contributed by atoms with Gasteiger partial charge in [-0.15, -0.1) is 0 Å². The van der Waals surface area contributed by atoms with Gasteiger partial charge in [0, 0.05) is 5.56 Å². The van der Waals surface area contributed by atoms with Crippen molar-refractivity contribution < 1.29 is 19.8 Å². The van der Waals surface area contributed by atoms with Gasteiger partial charge in [-0.1, -0.05) is 24.3 Å². The number of hydrogen-bond acceptors (Lipinski definition) is 6. The van der Waals surface area contributed by atoms with Crippen LogP contribution in [0.25, 0.3) is 22.4 Å². The Balaban J connectivity index is 2.16. The minimum absolute atomic E-state index is 0.0225. The molecule has 6 N–H and O–H groups in total. The van der Waals surface area contributed by atoms with E-state index in [-0.39, 0.29) is 22.9 Å². The third-order valence-electron chi connectivity index (χ3n) is 3.78. The molecule has 1 heterocycles. The maximum Gasteiger partial charge on any atom is 0.335 e. The van der Waals surface area contributed by atoms with Crippen molar-refractivity contribution in [2.24, 2.45) is 0 Å². The second kappa shape index (κ2) is 6.52. The molecule has 0 aliphatic heterocycles. The molecule has 0 saturated carbocycles. The Kier molecular flexibility index (Phi) is 4.24. The van der Waals surface area contributed by atoms with Gasteiger partial charge in [0.2, 0.25) is 5.95 Å². The third kappa shape index (κ3) is 3.16. The summed E-state index contributed by atoms with van der Waals surface area (Å²) in [5, 5.41) is 18.1. The van der Waals surface area contributed by atoms with Crippen molar-refractivity contribution in [2.45, 2.75) is 0 Å². The van der Waals surface area contributed by atoms with Crippen LogP contribution in [0.4, 0.5) is 11.8 Å². The molecule has 0 bridgehead atoms. The van der Waals surface area contributed by atoms with Crippen LogP contribution in [-0.2, 0) is 0 Å². The van der Waals surface area contributed by atoms with Crippen LogP contribution in [0.5, 0.6) is 0 Å². The molecule has 3 rings (SSSR count). The van der Waals surface area contributed by atoms with Crippen molar-refractivity contribution in [1.82, 2.24) is 9.97 Å². The summed E-state index contributed by atoms with van der Waals surface area (Å²) < 4.78 is 0. The van der Waals surface area contributed by atoms with Crippen molar-refractivity contribution >= 4 is 23.7 Å². The van der Waals surface area contributed by atoms with Crippen LogP contribution in [0.2, 0.25) is 0 Å². The van der Waals surface area contributed by atoms with Gasteiger partial charge in [-0.3, -0.25) is 0 Å². The average molecular weight is 350 g/mol. The zero-order valence-electron chi connectivity index (χ0n) is 13.4. The zero-order chi connectivity index (χ0) is 18.8. The molecular formula is C18H14N4O4. The predicted molar refractivity (Wildman–Crippen MR) is 95.6 cm³/mol. The Morgan fingerprint density at radius 2 is 1.19 bits per heavy atom. The van der Waals surface area contributed by atoms with Gasteiger partial charge in [0.15, 0.2) is 0 Å². The number of rotatable bonds is 4. The maximum atomic E-state index is 11.0. The van der Waals surface area contributed by atoms with E-state index in [1.165, 1.54) is 24.3 Å². The van der Waals surface area contributed by atoms with E-state index in [0.717, 1.165) is 0 Å². The highest BCUT2D eigenvalue weighted by Gasteiger charge is 2.16. The van der Waals surface area contributed by atoms with Gasteiger partial charge >= 0.3 is 11.9 Å². The fourth-order valence-electron chi connectivity index (χ4n) is 2.54. The molecule has 3 aromatic rings. The van der Waals surface area contributed by atoms with Crippen LogP contribution >= 0.6 is 0 Å². The third-order valence-corrected chi connectivity index (χ3v) is 3.78. The van der Waals surface area contributed by atoms with Gasteiger partial charge < -0.3 is 21.7 Å². The second-order valence-corrected chi connectivity index (χ2v) is 5.46. The molecule has 26 heavy (non-hydrogen) atoms. The Bertz CT molecular complexity index is 999. The van der Waals surface area contributed by atoms with E-state index in [4.69, 9.17) is 21.7 Å². The molecule has 2 aromatic carbocycles. The van der Waals surface area contributed by atoms with Crippen molar-refractivity contribution in [2.75, 3.05) is 11.5 Å². The summed E-state index contributed by atoms with van der Waals surface area (Å²) in [5.74, 6) is -1.96. The first-order valence-corrected chi connectivity index (χ1v) is 7.47. The highest BCUT2D eigenvalue weighted by atomic mass is 16.4. The molecule has 0 spiro atoms. The average Bonchev–Trinajstić information content (AvgIpc) is 2.61. The van der Waals surface area contributed by atoms with Crippen LogP contribution in [0, 0.1) is 0 Å². The van der Waals surface area contributed by atoms with Crippen LogP contribution in [0.3, 0.4) is 0 Å². The molecule has 8 nitrogen and oxygen atoms in total. The summed E-state index contributed by atoms with van der Waals surface area (Å²) in [6.07, 6.45) is 0. The predicted octanol–water partition coefficient (Wildman–Crippen LogP) is 2.37. The van der Waals surface area contributed by atoms with Crippen molar-refractivity contribution in [3.8, 4) is 22.4 Å². The molecule has 0 atom stereocenters. The molecule has 130 valence electrons. The number of hydrogen-bond donors (Lipinski definition) is 4. The number of aromatic nitrogens is 2. The van der Waals surface area contributed by atoms with Crippen LogP contribution in [-0.4, -0.2) is 32.1 Å². The van der Waals surface area contributed by atoms with Gasteiger partial charge in [-0.2, -0.15) is 4.98 Å². The van der Waals surface area contributed by atoms with E-state index in [2.05, 4.69) is 9.97 Å². The SMILES string of the molecule is Nc1nc(N)c(-c2ccc(C(=O)O)cc2)c(-c2ccc(C(=O)O)cc2)n1. The first kappa shape index (κ1) is 16.9. The molecular weight excluding hydrogens is 336 g/mol. The van der Waals surface area contributed by atoms with Gasteiger partial charge in [0.05, 0.1) is 22.4 Å². The van der Waals surface area contributed by atoms with Gasteiger partial charge in [-0.25, -0.2) is 14.6 Å². The van der Waals surface area contributed by atoms with E-state index in [0.29, 0.717) is 22.4 Å². The summed E-state index contributed by atoms with van der Waals surface area (Å²) >= 11 is 0. The molecule has 0 unspecified atom stereocenters. The van der Waals surface area contributed by atoms with Crippen LogP contribution < -0.4 is 11.5 Å². The number of carboxylic acids is 2. The molecule has 0 radical (unpaired) electrons. The lowest BCUT2D eigenvalue weighted by Crippen LogP contribution is -2.05. The highest BCUT2D eigenvalue weighted by Crippen LogP contribution is 2.35. The Hall–Kier alpha value is -3.94. The summed E-state index contributed by atoms with van der Waals surface area (Å²) in [6, 6.07) is 12.2. The maximum absolute atomic E-state index is 11.0. The summed E-state index contributed by atoms with van der Waals surface area (Å²) in [5.41, 5.74) is 14.1. The molecule has 1 aromatic heterocycles. The molecule has 0 saturated heterocycles. The molecule has 0 aliphatic carbocycles. The Morgan fingerprint density at radius 3 is 1.65 bits per heavy atom. The normalized spacial score (nSPS) is 10.5. The monoisotopic (exact) mass is 350 g/mol. The summed E-state index contributed by atoms with van der Waals surface area (Å²) in [4.78, 5) is 30.2. The van der Waals surface area contributed by atoms with Gasteiger partial charge in [-0.05, 0) is 29.8 Å². The number of carbonyl (C=O) groups is 2. The fraction of sp³-hybridized carbons (Fsp3) is 0. The van der Waals surface area contributed by atoms with Gasteiger partial charge in [0.25, 0.3) is 0 Å². The smallest absolute Gasteiger partial charge is 0.335 e. The summed E-state index contributed by atoms with van der Waals surface area (Å²) in [7, 11) is 0. The Morgan fingerprint density at radius 1 is 0.731 bits per heavy atom. The topological polar surface area (TPSA) is 152 Å². The molecule has 0 amide bonds. The van der Waals surface area contributed by atoms with E-state index < -0.39 is 11.9 Å². The van der Waals surface area contributed by atoms with E-state index >= 15 is 0 Å². The van der Waals surface area contributed by atoms with Crippen LogP contribution in [0.15, 0.2) is 48.5 Å². The largest absolute Gasteiger partial charge is 0.478 e. The van der Waals surface area contributed by atoms with Crippen LogP contribution in [0.1, 0.15) is 20.7 Å². The van der Waals surface area contributed by atoms with E-state index in [1.807, 2.05) is 0 Å². The fourth-order valence-corrected chi connectivity index (χ4v) is 2.54. The number of anilines is 2. The first-order valence-electron chi connectivity index (χ1n) is 7.47. The number of benzene rings is 2. The molecule has 8 heteroatoms. The summed E-state index contributed by atoms with van der Waals surface area (Å²) in [6.45, 7) is 0. The number of carboxylic acid groups (broad SMARTS) is 2. The Labute approximate surface area is 147 Å². The number of nitrogens with two attached hydrogens (primary N) is 2. The van der Waals surface area contributed by atoms with E-state index in [1.54, 1.807) is 24.3 Å².